The maximum absolute atomic E-state index is 11.6. The predicted molar refractivity (Wildman–Crippen MR) is 64.2 cm³/mol. The van der Waals surface area contributed by atoms with Crippen LogP contribution in [0.3, 0.4) is 0 Å². The van der Waals surface area contributed by atoms with Crippen molar-refractivity contribution in [3.63, 3.8) is 0 Å². The van der Waals surface area contributed by atoms with Gasteiger partial charge in [-0.1, -0.05) is 28.3 Å². The molecule has 12 heteroatoms. The summed E-state index contributed by atoms with van der Waals surface area (Å²) >= 11 is 11.0. The molecule has 0 aliphatic heterocycles. The van der Waals surface area contributed by atoms with Gasteiger partial charge < -0.3 is 10.1 Å². The maximum atomic E-state index is 11.6. The summed E-state index contributed by atoms with van der Waals surface area (Å²) in [5, 5.41) is 15.7. The number of nitro groups is 1. The molecule has 0 aromatic carbocycles. The molecule has 0 saturated heterocycles. The van der Waals surface area contributed by atoms with Gasteiger partial charge in [0.2, 0.25) is 0 Å². The van der Waals surface area contributed by atoms with Gasteiger partial charge in [0.15, 0.2) is 10.8 Å². The molecule has 0 radical (unpaired) electrons. The number of hydrogen-bond acceptors (Lipinski definition) is 6. The zero-order chi connectivity index (χ0) is 14.6. The molecule has 0 bridgehead atoms. The first kappa shape index (κ1) is 14.9. The summed E-state index contributed by atoms with van der Waals surface area (Å²) in [6, 6.07) is 0. The van der Waals surface area contributed by atoms with Gasteiger partial charge in [-0.2, -0.15) is 0 Å². The van der Waals surface area contributed by atoms with E-state index in [1.165, 1.54) is 0 Å². The minimum absolute atomic E-state index is 0.488. The minimum atomic E-state index is -0.952. The highest BCUT2D eigenvalue weighted by molar-refractivity contribution is 6.42. The summed E-state index contributed by atoms with van der Waals surface area (Å²) in [6.07, 6.45) is 0. The molecule has 1 heterocycles. The van der Waals surface area contributed by atoms with E-state index in [0.717, 1.165) is 0 Å². The zero-order valence-corrected chi connectivity index (χ0v) is 10.5. The minimum Gasteiger partial charge on any atom is -0.358 e. The summed E-state index contributed by atoms with van der Waals surface area (Å²) in [5.74, 6) is -1.51. The number of azide groups is 1. The highest BCUT2D eigenvalue weighted by Gasteiger charge is 2.24. The average molecular weight is 307 g/mol. The van der Waals surface area contributed by atoms with Gasteiger partial charge in [0.25, 0.3) is 0 Å². The van der Waals surface area contributed by atoms with Crippen LogP contribution >= 0.6 is 23.2 Å². The second kappa shape index (κ2) is 6.14. The Hall–Kier alpha value is -2.16. The molecule has 1 rings (SSSR count). The standard InChI is InChI=1S/C7H4Cl2N6O4/c8-4-5(9)7(17)14(12-6(4)15(18)19)2-3(16)1-11-13-10/h1-2H2. The molecule has 1 aromatic rings. The number of carbonyl (C=O) groups is 1. The van der Waals surface area contributed by atoms with Crippen LogP contribution in [0.25, 0.3) is 10.4 Å². The summed E-state index contributed by atoms with van der Waals surface area (Å²) in [6.45, 7) is -1.13. The molecule has 0 aliphatic rings. The van der Waals surface area contributed by atoms with Crippen molar-refractivity contribution in [2.45, 2.75) is 6.54 Å². The third-order valence-corrected chi connectivity index (χ3v) is 2.64. The van der Waals surface area contributed by atoms with Crippen molar-refractivity contribution in [1.82, 2.24) is 9.78 Å². The summed E-state index contributed by atoms with van der Waals surface area (Å²) < 4.78 is 0.488. The van der Waals surface area contributed by atoms with E-state index in [0.29, 0.717) is 4.68 Å². The first-order valence-corrected chi connectivity index (χ1v) is 5.27. The summed E-state index contributed by atoms with van der Waals surface area (Å²) in [4.78, 5) is 34.9. The van der Waals surface area contributed by atoms with E-state index in [1.54, 1.807) is 0 Å². The Kier molecular flexibility index (Phi) is 4.81. The van der Waals surface area contributed by atoms with Crippen LogP contribution in [0.2, 0.25) is 10.0 Å². The molecule has 0 saturated carbocycles. The number of nitrogens with zero attached hydrogens (tertiary/aromatic N) is 6. The van der Waals surface area contributed by atoms with E-state index < -0.39 is 45.2 Å². The predicted octanol–water partition coefficient (Wildman–Crippen LogP) is 1.34. The maximum Gasteiger partial charge on any atom is 0.408 e. The van der Waals surface area contributed by atoms with Crippen molar-refractivity contribution in [2.75, 3.05) is 6.54 Å². The van der Waals surface area contributed by atoms with Crippen molar-refractivity contribution in [1.29, 1.82) is 0 Å². The van der Waals surface area contributed by atoms with Gasteiger partial charge in [0, 0.05) is 4.91 Å². The van der Waals surface area contributed by atoms with Crippen LogP contribution in [-0.4, -0.2) is 27.0 Å². The van der Waals surface area contributed by atoms with Gasteiger partial charge in [-0.05, 0) is 10.5 Å². The SMILES string of the molecule is [N-]=[N+]=NCC(=O)Cn1nc([N+](=O)[O-])c(Cl)c(Cl)c1=O. The van der Waals surface area contributed by atoms with Gasteiger partial charge in [-0.3, -0.25) is 9.59 Å². The number of Topliss-reactive ketones (excluding diaryl/α,β-unsaturated/α-hetero) is 1. The van der Waals surface area contributed by atoms with E-state index >= 15 is 0 Å². The van der Waals surface area contributed by atoms with Crippen molar-refractivity contribution in [3.8, 4) is 0 Å². The van der Waals surface area contributed by atoms with Gasteiger partial charge in [-0.25, -0.2) is 0 Å². The fraction of sp³-hybridized carbons (Fsp3) is 0.286. The normalized spacial score (nSPS) is 9.79. The molecule has 0 fully saturated rings. The number of rotatable bonds is 5. The molecule has 0 unspecified atom stereocenters. The molecule has 100 valence electrons. The fourth-order valence-electron chi connectivity index (χ4n) is 1.06. The molecule has 0 spiro atoms. The molecule has 0 N–H and O–H groups in total. The van der Waals surface area contributed by atoms with E-state index in [9.17, 15) is 19.7 Å². The lowest BCUT2D eigenvalue weighted by molar-refractivity contribution is -0.390. The van der Waals surface area contributed by atoms with Crippen LogP contribution in [0, 0.1) is 10.1 Å². The van der Waals surface area contributed by atoms with Crippen LogP contribution in [0.1, 0.15) is 0 Å². The van der Waals surface area contributed by atoms with Crippen molar-refractivity contribution >= 4 is 34.8 Å². The lowest BCUT2D eigenvalue weighted by atomic mass is 10.4. The third kappa shape index (κ3) is 3.41. The largest absolute Gasteiger partial charge is 0.408 e. The van der Waals surface area contributed by atoms with Crippen molar-refractivity contribution in [3.05, 3.63) is 41.0 Å². The molecule has 1 aromatic heterocycles. The molecule has 19 heavy (non-hydrogen) atoms. The second-order valence-corrected chi connectivity index (χ2v) is 3.86. The number of ketones is 1. The quantitative estimate of drug-likeness (QED) is 0.265. The van der Waals surface area contributed by atoms with Crippen LogP contribution in [0.4, 0.5) is 5.82 Å². The number of carbonyl (C=O) groups excluding carboxylic acids is 1. The van der Waals surface area contributed by atoms with E-state index in [-0.39, 0.29) is 0 Å². The monoisotopic (exact) mass is 306 g/mol. The molecular weight excluding hydrogens is 303 g/mol. The van der Waals surface area contributed by atoms with Crippen LogP contribution in [0.5, 0.6) is 0 Å². The van der Waals surface area contributed by atoms with Crippen LogP contribution in [0.15, 0.2) is 9.91 Å². The Morgan fingerprint density at radius 2 is 2.16 bits per heavy atom. The highest BCUT2D eigenvalue weighted by atomic mass is 35.5. The second-order valence-electron chi connectivity index (χ2n) is 3.10. The summed E-state index contributed by atoms with van der Waals surface area (Å²) in [5.41, 5.74) is 7.08. The Bertz CT molecular complexity index is 650. The molecule has 10 nitrogen and oxygen atoms in total. The Morgan fingerprint density at radius 1 is 1.53 bits per heavy atom. The van der Waals surface area contributed by atoms with Gasteiger partial charge >= 0.3 is 11.4 Å². The zero-order valence-electron chi connectivity index (χ0n) is 8.99. The lowest BCUT2D eigenvalue weighted by Gasteiger charge is -2.01. The van der Waals surface area contributed by atoms with E-state index in [2.05, 4.69) is 15.1 Å². The molecule has 0 aliphatic carbocycles. The fourth-order valence-corrected chi connectivity index (χ4v) is 1.43. The van der Waals surface area contributed by atoms with Gasteiger partial charge in [-0.15, -0.1) is 4.68 Å². The average Bonchev–Trinajstić information content (AvgIpc) is 2.36. The lowest BCUT2D eigenvalue weighted by Crippen LogP contribution is -2.28. The summed E-state index contributed by atoms with van der Waals surface area (Å²) in [7, 11) is 0. The van der Waals surface area contributed by atoms with Gasteiger partial charge in [0.1, 0.15) is 11.6 Å². The Balaban J connectivity index is 3.22. The first-order chi connectivity index (χ1) is 8.88. The van der Waals surface area contributed by atoms with Crippen molar-refractivity contribution < 1.29 is 9.72 Å². The topological polar surface area (TPSA) is 144 Å². The van der Waals surface area contributed by atoms with E-state index in [1.807, 2.05) is 0 Å². The Labute approximate surface area is 114 Å². The molecule has 0 amide bonds. The molecule has 0 atom stereocenters. The number of hydrogen-bond donors (Lipinski definition) is 0. The van der Waals surface area contributed by atoms with E-state index in [4.69, 9.17) is 28.7 Å². The van der Waals surface area contributed by atoms with Crippen LogP contribution < -0.4 is 5.56 Å². The number of aromatic nitrogens is 2. The third-order valence-electron chi connectivity index (χ3n) is 1.84. The van der Waals surface area contributed by atoms with Crippen LogP contribution in [-0.2, 0) is 11.3 Å². The first-order valence-electron chi connectivity index (χ1n) is 4.51. The van der Waals surface area contributed by atoms with Crippen molar-refractivity contribution in [2.24, 2.45) is 5.11 Å². The Morgan fingerprint density at radius 3 is 2.68 bits per heavy atom. The highest BCUT2D eigenvalue weighted by Crippen LogP contribution is 2.26. The van der Waals surface area contributed by atoms with Gasteiger partial charge in [0.05, 0.1) is 11.6 Å². The number of halogens is 2. The molecular formula is C7H4Cl2N6O4. The smallest absolute Gasteiger partial charge is 0.358 e.